The Morgan fingerprint density at radius 3 is 2.38 bits per heavy atom. The van der Waals surface area contributed by atoms with Gasteiger partial charge >= 0.3 is 6.03 Å². The first-order chi connectivity index (χ1) is 14.1. The Labute approximate surface area is 167 Å². The number of rotatable bonds is 7. The van der Waals surface area contributed by atoms with Crippen LogP contribution in [0.1, 0.15) is 5.56 Å². The zero-order valence-electron chi connectivity index (χ0n) is 15.5. The summed E-state index contributed by atoms with van der Waals surface area (Å²) in [4.78, 5) is 24.0. The van der Waals surface area contributed by atoms with E-state index < -0.39 is 6.03 Å². The molecule has 7 heteroatoms. The summed E-state index contributed by atoms with van der Waals surface area (Å²) < 4.78 is 18.6. The number of hydrogen-bond donors (Lipinski definition) is 3. The predicted molar refractivity (Wildman–Crippen MR) is 109 cm³/mol. The third kappa shape index (κ3) is 6.66. The van der Waals surface area contributed by atoms with E-state index in [-0.39, 0.29) is 24.9 Å². The van der Waals surface area contributed by atoms with Gasteiger partial charge in [0.15, 0.2) is 6.61 Å². The highest BCUT2D eigenvalue weighted by molar-refractivity contribution is 5.92. The van der Waals surface area contributed by atoms with Crippen molar-refractivity contribution in [1.82, 2.24) is 5.32 Å². The fourth-order valence-electron chi connectivity index (χ4n) is 2.54. The summed E-state index contributed by atoms with van der Waals surface area (Å²) in [7, 11) is 0. The predicted octanol–water partition coefficient (Wildman–Crippen LogP) is 4.16. The summed E-state index contributed by atoms with van der Waals surface area (Å²) in [6, 6.07) is 21.3. The molecule has 3 aromatic rings. The Balaban J connectivity index is 1.47. The number of hydrogen-bond acceptors (Lipinski definition) is 3. The third-order valence-corrected chi connectivity index (χ3v) is 3.86. The van der Waals surface area contributed by atoms with Gasteiger partial charge in [-0.1, -0.05) is 36.4 Å². The van der Waals surface area contributed by atoms with E-state index in [1.807, 2.05) is 18.2 Å². The molecule has 0 radical (unpaired) electrons. The van der Waals surface area contributed by atoms with E-state index in [2.05, 4.69) is 16.0 Å². The Morgan fingerprint density at radius 1 is 0.828 bits per heavy atom. The normalized spacial score (nSPS) is 10.1. The maximum absolute atomic E-state index is 13.2. The summed E-state index contributed by atoms with van der Waals surface area (Å²) in [5, 5.41) is 8.05. The topological polar surface area (TPSA) is 79.5 Å². The molecule has 0 heterocycles. The van der Waals surface area contributed by atoms with Crippen molar-refractivity contribution >= 4 is 23.3 Å². The second-order valence-corrected chi connectivity index (χ2v) is 6.17. The molecule has 3 rings (SSSR count). The van der Waals surface area contributed by atoms with Crippen LogP contribution in [-0.2, 0) is 11.3 Å². The first-order valence-corrected chi connectivity index (χ1v) is 8.95. The summed E-state index contributed by atoms with van der Waals surface area (Å²) in [6.45, 7) is 0.0313. The molecule has 0 aliphatic heterocycles. The number of benzene rings is 3. The molecule has 0 aliphatic rings. The van der Waals surface area contributed by atoms with Gasteiger partial charge < -0.3 is 20.7 Å². The third-order valence-electron chi connectivity index (χ3n) is 3.86. The van der Waals surface area contributed by atoms with Gasteiger partial charge in [0.1, 0.15) is 11.6 Å². The van der Waals surface area contributed by atoms with Crippen LogP contribution in [0.3, 0.4) is 0 Å². The zero-order valence-corrected chi connectivity index (χ0v) is 15.5. The van der Waals surface area contributed by atoms with Gasteiger partial charge in [0, 0.05) is 24.0 Å². The molecular formula is C22H20FN3O3. The number of anilines is 2. The highest BCUT2D eigenvalue weighted by atomic mass is 19.1. The summed E-state index contributed by atoms with van der Waals surface area (Å²) in [6.07, 6.45) is 0. The maximum atomic E-state index is 13.2. The van der Waals surface area contributed by atoms with Gasteiger partial charge in [0.25, 0.3) is 5.91 Å². The minimum absolute atomic E-state index is 0.163. The number of para-hydroxylation sites is 1. The number of ether oxygens (including phenoxy) is 1. The van der Waals surface area contributed by atoms with Gasteiger partial charge in [0.2, 0.25) is 0 Å². The smallest absolute Gasteiger partial charge is 0.319 e. The number of urea groups is 1. The quantitative estimate of drug-likeness (QED) is 0.564. The lowest BCUT2D eigenvalue weighted by Gasteiger charge is -2.10. The van der Waals surface area contributed by atoms with Crippen LogP contribution in [-0.4, -0.2) is 18.5 Å². The van der Waals surface area contributed by atoms with Crippen LogP contribution >= 0.6 is 0 Å². The summed E-state index contributed by atoms with van der Waals surface area (Å²) in [5.74, 6) is -0.204. The molecule has 148 valence electrons. The van der Waals surface area contributed by atoms with Gasteiger partial charge in [-0.25, -0.2) is 9.18 Å². The largest absolute Gasteiger partial charge is 0.484 e. The number of carbonyl (C=O) groups is 2. The number of halogens is 1. The summed E-state index contributed by atoms with van der Waals surface area (Å²) in [5.41, 5.74) is 1.84. The first kappa shape index (κ1) is 19.9. The van der Waals surface area contributed by atoms with Crippen molar-refractivity contribution in [1.29, 1.82) is 0 Å². The molecule has 0 saturated carbocycles. The molecule has 29 heavy (non-hydrogen) atoms. The lowest BCUT2D eigenvalue weighted by atomic mass is 10.2. The van der Waals surface area contributed by atoms with Crippen molar-refractivity contribution in [3.8, 4) is 5.75 Å². The van der Waals surface area contributed by atoms with E-state index in [0.29, 0.717) is 22.7 Å². The standard InChI is InChI=1S/C22H20FN3O3/c23-17-7-4-6-16(12-17)14-24-22(28)26-19-10-5-11-20(13-19)29-15-21(27)25-18-8-2-1-3-9-18/h1-13H,14-15H2,(H,25,27)(H2,24,26,28). The first-order valence-electron chi connectivity index (χ1n) is 8.95. The molecule has 0 saturated heterocycles. The van der Waals surface area contributed by atoms with E-state index in [1.165, 1.54) is 12.1 Å². The monoisotopic (exact) mass is 393 g/mol. The van der Waals surface area contributed by atoms with Gasteiger partial charge in [-0.15, -0.1) is 0 Å². The van der Waals surface area contributed by atoms with E-state index in [0.717, 1.165) is 0 Å². The number of nitrogens with one attached hydrogen (secondary N) is 3. The molecule has 0 aromatic heterocycles. The Hall–Kier alpha value is -3.87. The van der Waals surface area contributed by atoms with Crippen molar-refractivity contribution < 1.29 is 18.7 Å². The van der Waals surface area contributed by atoms with Crippen molar-refractivity contribution in [3.05, 3.63) is 90.2 Å². The van der Waals surface area contributed by atoms with Crippen molar-refractivity contribution in [2.45, 2.75) is 6.54 Å². The van der Waals surface area contributed by atoms with Crippen molar-refractivity contribution in [3.63, 3.8) is 0 Å². The molecular weight excluding hydrogens is 373 g/mol. The highest BCUT2D eigenvalue weighted by Gasteiger charge is 2.06. The van der Waals surface area contributed by atoms with Crippen LogP contribution < -0.4 is 20.7 Å². The van der Waals surface area contributed by atoms with Crippen LogP contribution in [0.25, 0.3) is 0 Å². The lowest BCUT2D eigenvalue weighted by molar-refractivity contribution is -0.118. The minimum Gasteiger partial charge on any atom is -0.484 e. The second kappa shape index (κ2) is 9.89. The SMILES string of the molecule is O=C(COc1cccc(NC(=O)NCc2cccc(F)c2)c1)Nc1ccccc1. The molecule has 0 atom stereocenters. The molecule has 0 aliphatic carbocycles. The number of carbonyl (C=O) groups excluding carboxylic acids is 2. The molecule has 6 nitrogen and oxygen atoms in total. The fraction of sp³-hybridized carbons (Fsp3) is 0.0909. The molecule has 3 amide bonds. The van der Waals surface area contributed by atoms with Crippen LogP contribution in [0, 0.1) is 5.82 Å². The van der Waals surface area contributed by atoms with Gasteiger partial charge in [-0.05, 0) is 42.0 Å². The highest BCUT2D eigenvalue weighted by Crippen LogP contribution is 2.17. The van der Waals surface area contributed by atoms with Gasteiger partial charge in [0.05, 0.1) is 0 Å². The molecule has 0 spiro atoms. The van der Waals surface area contributed by atoms with Gasteiger partial charge in [-0.2, -0.15) is 0 Å². The average molecular weight is 393 g/mol. The molecule has 0 unspecified atom stereocenters. The van der Waals surface area contributed by atoms with E-state index in [1.54, 1.807) is 48.5 Å². The van der Waals surface area contributed by atoms with Gasteiger partial charge in [-0.3, -0.25) is 4.79 Å². The van der Waals surface area contributed by atoms with E-state index >= 15 is 0 Å². The van der Waals surface area contributed by atoms with Crippen LogP contribution in [0.5, 0.6) is 5.75 Å². The molecule has 0 bridgehead atoms. The van der Waals surface area contributed by atoms with E-state index in [4.69, 9.17) is 4.74 Å². The van der Waals surface area contributed by atoms with Crippen LogP contribution in [0.4, 0.5) is 20.6 Å². The van der Waals surface area contributed by atoms with E-state index in [9.17, 15) is 14.0 Å². The van der Waals surface area contributed by atoms with Crippen molar-refractivity contribution in [2.75, 3.05) is 17.2 Å². The fourth-order valence-corrected chi connectivity index (χ4v) is 2.54. The Morgan fingerprint density at radius 2 is 1.59 bits per heavy atom. The Kier molecular flexibility index (Phi) is 6.78. The zero-order chi connectivity index (χ0) is 20.5. The minimum atomic E-state index is -0.437. The average Bonchev–Trinajstić information content (AvgIpc) is 2.72. The van der Waals surface area contributed by atoms with Crippen LogP contribution in [0.2, 0.25) is 0 Å². The molecule has 0 fully saturated rings. The summed E-state index contributed by atoms with van der Waals surface area (Å²) >= 11 is 0. The maximum Gasteiger partial charge on any atom is 0.319 e. The number of amides is 3. The van der Waals surface area contributed by atoms with Crippen LogP contribution in [0.15, 0.2) is 78.9 Å². The molecule has 3 N–H and O–H groups in total. The molecule has 3 aromatic carbocycles. The Bertz CT molecular complexity index is 980. The van der Waals surface area contributed by atoms with Crippen molar-refractivity contribution in [2.24, 2.45) is 0 Å². The lowest BCUT2D eigenvalue weighted by Crippen LogP contribution is -2.28. The second-order valence-electron chi connectivity index (χ2n) is 6.17.